The van der Waals surface area contributed by atoms with Gasteiger partial charge in [0.25, 0.3) is 5.91 Å². The van der Waals surface area contributed by atoms with Crippen molar-refractivity contribution in [2.75, 3.05) is 40.0 Å². The Morgan fingerprint density at radius 3 is 2.67 bits per heavy atom. The van der Waals surface area contributed by atoms with E-state index in [0.29, 0.717) is 29.9 Å². The number of hydrogen-bond donors (Lipinski definition) is 1. The first-order valence-corrected chi connectivity index (χ1v) is 10.8. The lowest BCUT2D eigenvalue weighted by molar-refractivity contribution is 0.00190. The summed E-state index contributed by atoms with van der Waals surface area (Å²) in [6.07, 6.45) is 2.17. The van der Waals surface area contributed by atoms with Crippen molar-refractivity contribution in [3.05, 3.63) is 35.7 Å². The number of morpholine rings is 1. The van der Waals surface area contributed by atoms with E-state index < -0.39 is 0 Å². The molecule has 1 aliphatic rings. The molecule has 2 aromatic rings. The first-order chi connectivity index (χ1) is 14.6. The Morgan fingerprint density at radius 2 is 2.00 bits per heavy atom. The molecule has 0 radical (unpaired) electrons. The van der Waals surface area contributed by atoms with Gasteiger partial charge in [-0.25, -0.2) is 4.68 Å². The third-order valence-electron chi connectivity index (χ3n) is 5.99. The van der Waals surface area contributed by atoms with Crippen LogP contribution in [0.1, 0.15) is 42.9 Å². The zero-order chi connectivity index (χ0) is 21.5. The Balaban J connectivity index is 1.72. The second kappa shape index (κ2) is 10.5. The van der Waals surface area contributed by atoms with E-state index in [1.54, 1.807) is 11.8 Å². The zero-order valence-electron chi connectivity index (χ0n) is 18.4. The summed E-state index contributed by atoms with van der Waals surface area (Å²) in [4.78, 5) is 15.4. The molecule has 1 saturated heterocycles. The molecule has 0 aliphatic carbocycles. The van der Waals surface area contributed by atoms with Gasteiger partial charge in [0.15, 0.2) is 5.69 Å². The average molecular weight is 416 g/mol. The molecule has 1 aromatic heterocycles. The summed E-state index contributed by atoms with van der Waals surface area (Å²) in [6, 6.07) is 7.82. The van der Waals surface area contributed by atoms with Crippen LogP contribution in [-0.2, 0) is 4.74 Å². The molecule has 2 heterocycles. The van der Waals surface area contributed by atoms with E-state index >= 15 is 0 Å². The lowest BCUT2D eigenvalue weighted by atomic mass is 9.92. The van der Waals surface area contributed by atoms with Crippen molar-refractivity contribution >= 4 is 5.91 Å². The van der Waals surface area contributed by atoms with E-state index in [-0.39, 0.29) is 5.91 Å². The van der Waals surface area contributed by atoms with Crippen molar-refractivity contribution in [2.24, 2.45) is 5.92 Å². The maximum Gasteiger partial charge on any atom is 0.273 e. The summed E-state index contributed by atoms with van der Waals surface area (Å²) in [7, 11) is 1.62. The van der Waals surface area contributed by atoms with Crippen LogP contribution >= 0.6 is 0 Å². The highest BCUT2D eigenvalue weighted by atomic mass is 16.5. The molecule has 30 heavy (non-hydrogen) atoms. The molecular weight excluding hydrogens is 382 g/mol. The molecule has 8 heteroatoms. The fraction of sp³-hybridized carbons (Fsp3) is 0.591. The number of rotatable bonds is 9. The van der Waals surface area contributed by atoms with Crippen molar-refractivity contribution < 1.29 is 14.3 Å². The van der Waals surface area contributed by atoms with Gasteiger partial charge in [-0.15, -0.1) is 5.10 Å². The van der Waals surface area contributed by atoms with Gasteiger partial charge in [0.1, 0.15) is 5.75 Å². The fourth-order valence-electron chi connectivity index (χ4n) is 4.14. The largest absolute Gasteiger partial charge is 0.497 e. The van der Waals surface area contributed by atoms with E-state index in [1.807, 2.05) is 31.2 Å². The van der Waals surface area contributed by atoms with Gasteiger partial charge in [0.05, 0.1) is 31.7 Å². The second-order valence-corrected chi connectivity index (χ2v) is 7.64. The number of aromatic nitrogens is 3. The second-order valence-electron chi connectivity index (χ2n) is 7.64. The maximum absolute atomic E-state index is 12.9. The number of methoxy groups -OCH3 is 1. The lowest BCUT2D eigenvalue weighted by Gasteiger charge is -2.38. The predicted molar refractivity (Wildman–Crippen MR) is 115 cm³/mol. The van der Waals surface area contributed by atoms with Gasteiger partial charge in [0, 0.05) is 31.7 Å². The number of amides is 1. The van der Waals surface area contributed by atoms with Crippen LogP contribution < -0.4 is 10.1 Å². The maximum atomic E-state index is 12.9. The van der Waals surface area contributed by atoms with Crippen LogP contribution in [0, 0.1) is 12.8 Å². The predicted octanol–water partition coefficient (Wildman–Crippen LogP) is 2.45. The lowest BCUT2D eigenvalue weighted by Crippen LogP contribution is -2.52. The number of hydrogen-bond acceptors (Lipinski definition) is 6. The molecule has 0 saturated carbocycles. The van der Waals surface area contributed by atoms with Crippen LogP contribution in [0.2, 0.25) is 0 Å². The van der Waals surface area contributed by atoms with Gasteiger partial charge in [0.2, 0.25) is 0 Å². The quantitative estimate of drug-likeness (QED) is 0.678. The van der Waals surface area contributed by atoms with Gasteiger partial charge < -0.3 is 14.8 Å². The highest BCUT2D eigenvalue weighted by molar-refractivity contribution is 5.93. The molecule has 0 spiro atoms. The first-order valence-electron chi connectivity index (χ1n) is 10.8. The van der Waals surface area contributed by atoms with Crippen molar-refractivity contribution in [3.63, 3.8) is 0 Å². The summed E-state index contributed by atoms with van der Waals surface area (Å²) >= 11 is 0. The highest BCUT2D eigenvalue weighted by Crippen LogP contribution is 2.21. The molecule has 164 valence electrons. The zero-order valence-corrected chi connectivity index (χ0v) is 18.4. The summed E-state index contributed by atoms with van der Waals surface area (Å²) < 4.78 is 12.5. The van der Waals surface area contributed by atoms with Crippen LogP contribution in [-0.4, -0.2) is 71.8 Å². The van der Waals surface area contributed by atoms with Crippen molar-refractivity contribution in [1.82, 2.24) is 25.2 Å². The van der Waals surface area contributed by atoms with Crippen molar-refractivity contribution in [1.29, 1.82) is 0 Å². The third-order valence-corrected chi connectivity index (χ3v) is 5.99. The topological polar surface area (TPSA) is 81.5 Å². The molecule has 1 amide bonds. The molecule has 1 aromatic carbocycles. The van der Waals surface area contributed by atoms with Crippen LogP contribution in [0.15, 0.2) is 24.3 Å². The normalized spacial score (nSPS) is 15.9. The highest BCUT2D eigenvalue weighted by Gasteiger charge is 2.28. The summed E-state index contributed by atoms with van der Waals surface area (Å²) in [6.45, 7) is 10.2. The molecule has 1 aliphatic heterocycles. The first kappa shape index (κ1) is 22.2. The molecule has 1 fully saturated rings. The summed E-state index contributed by atoms with van der Waals surface area (Å²) in [5.74, 6) is 1.06. The number of nitrogens with zero attached hydrogens (tertiary/aromatic N) is 4. The van der Waals surface area contributed by atoms with Gasteiger partial charge in [-0.05, 0) is 25.0 Å². The third kappa shape index (κ3) is 4.99. The van der Waals surface area contributed by atoms with E-state index in [4.69, 9.17) is 9.47 Å². The van der Waals surface area contributed by atoms with Gasteiger partial charge in [-0.3, -0.25) is 9.69 Å². The average Bonchev–Trinajstić information content (AvgIpc) is 3.18. The van der Waals surface area contributed by atoms with Gasteiger partial charge in [-0.1, -0.05) is 38.0 Å². The number of ether oxygens (including phenoxy) is 2. The number of carbonyl (C=O) groups excluding carboxylic acids is 1. The monoisotopic (exact) mass is 415 g/mol. The SMILES string of the molecule is CCC(CC)C(CNC(=O)c1nnn(-c2cccc(OC)c2)c1C)N1CCOCC1. The molecule has 0 bridgehead atoms. The fourth-order valence-corrected chi connectivity index (χ4v) is 4.14. The van der Waals surface area contributed by atoms with Crippen LogP contribution in [0.3, 0.4) is 0 Å². The van der Waals surface area contributed by atoms with E-state index in [9.17, 15) is 4.79 Å². The number of nitrogens with one attached hydrogen (secondary N) is 1. The Labute approximate surface area is 178 Å². The standard InChI is InChI=1S/C22H33N5O3/c1-5-17(6-2)20(26-10-12-30-13-11-26)15-23-22(28)21-16(3)27(25-24-21)18-8-7-9-19(14-18)29-4/h7-9,14,17,20H,5-6,10-13,15H2,1-4H3,(H,23,28). The summed E-state index contributed by atoms with van der Waals surface area (Å²) in [5.41, 5.74) is 1.86. The number of benzene rings is 1. The Hall–Kier alpha value is -2.45. The Bertz CT molecular complexity index is 828. The minimum absolute atomic E-state index is 0.189. The Morgan fingerprint density at radius 1 is 1.27 bits per heavy atom. The Kier molecular flexibility index (Phi) is 7.81. The molecule has 1 atom stereocenters. The van der Waals surface area contributed by atoms with E-state index in [2.05, 4.69) is 34.4 Å². The van der Waals surface area contributed by atoms with Crippen LogP contribution in [0.5, 0.6) is 5.75 Å². The minimum Gasteiger partial charge on any atom is -0.497 e. The molecule has 3 rings (SSSR count). The smallest absolute Gasteiger partial charge is 0.273 e. The van der Waals surface area contributed by atoms with Crippen LogP contribution in [0.4, 0.5) is 0 Å². The van der Waals surface area contributed by atoms with E-state index in [1.165, 1.54) is 0 Å². The van der Waals surface area contributed by atoms with Crippen LogP contribution in [0.25, 0.3) is 5.69 Å². The van der Waals surface area contributed by atoms with Crippen molar-refractivity contribution in [2.45, 2.75) is 39.7 Å². The molecular formula is C22H33N5O3. The molecule has 8 nitrogen and oxygen atoms in total. The molecule has 1 unspecified atom stereocenters. The molecule has 1 N–H and O–H groups in total. The van der Waals surface area contributed by atoms with E-state index in [0.717, 1.165) is 50.6 Å². The summed E-state index contributed by atoms with van der Waals surface area (Å²) in [5, 5.41) is 11.5. The number of carbonyl (C=O) groups is 1. The van der Waals surface area contributed by atoms with Crippen molar-refractivity contribution in [3.8, 4) is 11.4 Å². The minimum atomic E-state index is -0.189. The van der Waals surface area contributed by atoms with Gasteiger partial charge >= 0.3 is 0 Å². The van der Waals surface area contributed by atoms with Gasteiger partial charge in [-0.2, -0.15) is 0 Å².